The van der Waals surface area contributed by atoms with Gasteiger partial charge in [-0.25, -0.2) is 0 Å². The number of anilines is 2. The SMILES string of the molecule is CCCCC(=O)Nc1ccc(NCc2ccco2)nn1. The van der Waals surface area contributed by atoms with E-state index in [1.165, 1.54) is 0 Å². The number of furan rings is 1. The summed E-state index contributed by atoms with van der Waals surface area (Å²) in [4.78, 5) is 11.5. The van der Waals surface area contributed by atoms with Crippen LogP contribution in [0.1, 0.15) is 31.9 Å². The van der Waals surface area contributed by atoms with Gasteiger partial charge in [-0.3, -0.25) is 4.79 Å². The Hall–Kier alpha value is -2.37. The first-order valence-corrected chi connectivity index (χ1v) is 6.67. The second-order valence-corrected chi connectivity index (χ2v) is 4.39. The summed E-state index contributed by atoms with van der Waals surface area (Å²) in [6, 6.07) is 7.20. The third-order valence-corrected chi connectivity index (χ3v) is 2.71. The fourth-order valence-corrected chi connectivity index (χ4v) is 1.63. The smallest absolute Gasteiger partial charge is 0.225 e. The molecule has 2 aromatic heterocycles. The first-order chi connectivity index (χ1) is 9.78. The summed E-state index contributed by atoms with van der Waals surface area (Å²) in [5.41, 5.74) is 0. The molecule has 0 unspecified atom stereocenters. The second kappa shape index (κ2) is 7.28. The van der Waals surface area contributed by atoms with Crippen molar-refractivity contribution in [1.82, 2.24) is 10.2 Å². The fraction of sp³-hybridized carbons (Fsp3) is 0.357. The third-order valence-electron chi connectivity index (χ3n) is 2.71. The lowest BCUT2D eigenvalue weighted by Crippen LogP contribution is -2.13. The molecule has 0 spiro atoms. The zero-order valence-electron chi connectivity index (χ0n) is 11.4. The maximum atomic E-state index is 11.5. The van der Waals surface area contributed by atoms with E-state index >= 15 is 0 Å². The van der Waals surface area contributed by atoms with Gasteiger partial charge < -0.3 is 15.1 Å². The van der Waals surface area contributed by atoms with Crippen LogP contribution in [0.15, 0.2) is 34.9 Å². The average molecular weight is 274 g/mol. The Morgan fingerprint density at radius 2 is 2.05 bits per heavy atom. The molecule has 0 saturated heterocycles. The number of hydrogen-bond acceptors (Lipinski definition) is 5. The van der Waals surface area contributed by atoms with Crippen molar-refractivity contribution in [3.05, 3.63) is 36.3 Å². The van der Waals surface area contributed by atoms with Crippen LogP contribution in [0, 0.1) is 0 Å². The molecule has 0 bridgehead atoms. The van der Waals surface area contributed by atoms with Crippen molar-refractivity contribution >= 4 is 17.5 Å². The summed E-state index contributed by atoms with van der Waals surface area (Å²) in [5, 5.41) is 13.7. The van der Waals surface area contributed by atoms with E-state index in [1.807, 2.05) is 19.1 Å². The molecule has 0 atom stereocenters. The van der Waals surface area contributed by atoms with E-state index < -0.39 is 0 Å². The largest absolute Gasteiger partial charge is 0.467 e. The van der Waals surface area contributed by atoms with Crippen LogP contribution in [0.4, 0.5) is 11.6 Å². The number of carbonyl (C=O) groups is 1. The topological polar surface area (TPSA) is 80.0 Å². The van der Waals surface area contributed by atoms with Crippen LogP contribution < -0.4 is 10.6 Å². The van der Waals surface area contributed by atoms with E-state index in [0.717, 1.165) is 18.6 Å². The average Bonchev–Trinajstić information content (AvgIpc) is 2.98. The third kappa shape index (κ3) is 4.38. The van der Waals surface area contributed by atoms with Crippen molar-refractivity contribution in [3.8, 4) is 0 Å². The molecule has 106 valence electrons. The molecule has 2 rings (SSSR count). The van der Waals surface area contributed by atoms with Crippen LogP contribution in [0.25, 0.3) is 0 Å². The Morgan fingerprint density at radius 1 is 1.25 bits per heavy atom. The standard InChI is InChI=1S/C14H18N4O2/c1-2-3-6-14(19)16-13-8-7-12(17-18-13)15-10-11-5-4-9-20-11/h4-5,7-9H,2-3,6,10H2,1H3,(H,15,17)(H,16,18,19). The molecule has 6 nitrogen and oxygen atoms in total. The minimum atomic E-state index is -0.0301. The summed E-state index contributed by atoms with van der Waals surface area (Å²) in [6.45, 7) is 2.59. The number of carbonyl (C=O) groups excluding carboxylic acids is 1. The highest BCUT2D eigenvalue weighted by Gasteiger charge is 2.03. The Bertz CT molecular complexity index is 523. The summed E-state index contributed by atoms with van der Waals surface area (Å²) in [7, 11) is 0. The number of hydrogen-bond donors (Lipinski definition) is 2. The summed E-state index contributed by atoms with van der Waals surface area (Å²) in [5.74, 6) is 1.89. The number of unbranched alkanes of at least 4 members (excludes halogenated alkanes) is 1. The Labute approximate surface area is 117 Å². The maximum Gasteiger partial charge on any atom is 0.225 e. The zero-order valence-corrected chi connectivity index (χ0v) is 11.4. The monoisotopic (exact) mass is 274 g/mol. The van der Waals surface area contributed by atoms with Gasteiger partial charge in [0, 0.05) is 6.42 Å². The predicted molar refractivity (Wildman–Crippen MR) is 76.2 cm³/mol. The van der Waals surface area contributed by atoms with Gasteiger partial charge in [-0.2, -0.15) is 0 Å². The van der Waals surface area contributed by atoms with Gasteiger partial charge >= 0.3 is 0 Å². The van der Waals surface area contributed by atoms with E-state index in [9.17, 15) is 4.79 Å². The van der Waals surface area contributed by atoms with Gasteiger partial charge in [0.2, 0.25) is 5.91 Å². The molecule has 0 aliphatic carbocycles. The number of nitrogens with zero attached hydrogens (tertiary/aromatic N) is 2. The number of nitrogens with one attached hydrogen (secondary N) is 2. The predicted octanol–water partition coefficient (Wildman–Crippen LogP) is 2.81. The van der Waals surface area contributed by atoms with Crippen molar-refractivity contribution in [2.75, 3.05) is 10.6 Å². The normalized spacial score (nSPS) is 10.2. The molecule has 0 aliphatic heterocycles. The molecule has 1 amide bonds. The van der Waals surface area contributed by atoms with Crippen LogP contribution in [0.3, 0.4) is 0 Å². The van der Waals surface area contributed by atoms with Crippen LogP contribution in [0.5, 0.6) is 0 Å². The van der Waals surface area contributed by atoms with Gasteiger partial charge in [0.15, 0.2) is 5.82 Å². The molecular weight excluding hydrogens is 256 g/mol. The number of amides is 1. The lowest BCUT2D eigenvalue weighted by Gasteiger charge is -2.05. The van der Waals surface area contributed by atoms with E-state index in [4.69, 9.17) is 4.42 Å². The molecule has 0 radical (unpaired) electrons. The highest BCUT2D eigenvalue weighted by Crippen LogP contribution is 2.09. The highest BCUT2D eigenvalue weighted by molar-refractivity contribution is 5.89. The first-order valence-electron chi connectivity index (χ1n) is 6.67. The van der Waals surface area contributed by atoms with Crippen molar-refractivity contribution in [3.63, 3.8) is 0 Å². The van der Waals surface area contributed by atoms with Crippen molar-refractivity contribution in [2.45, 2.75) is 32.7 Å². The first kappa shape index (κ1) is 14.0. The minimum absolute atomic E-state index is 0.0301. The van der Waals surface area contributed by atoms with Crippen molar-refractivity contribution in [1.29, 1.82) is 0 Å². The van der Waals surface area contributed by atoms with Crippen LogP contribution >= 0.6 is 0 Å². The van der Waals surface area contributed by atoms with Crippen LogP contribution in [-0.4, -0.2) is 16.1 Å². The molecule has 2 heterocycles. The van der Waals surface area contributed by atoms with Gasteiger partial charge in [-0.05, 0) is 30.7 Å². The van der Waals surface area contributed by atoms with Gasteiger partial charge in [0.1, 0.15) is 11.6 Å². The van der Waals surface area contributed by atoms with Gasteiger partial charge in [-0.15, -0.1) is 10.2 Å². The molecule has 6 heteroatoms. The maximum absolute atomic E-state index is 11.5. The van der Waals surface area contributed by atoms with Crippen molar-refractivity contribution in [2.24, 2.45) is 0 Å². The Morgan fingerprint density at radius 3 is 2.70 bits per heavy atom. The number of aromatic nitrogens is 2. The van der Waals surface area contributed by atoms with E-state index in [0.29, 0.717) is 24.6 Å². The zero-order chi connectivity index (χ0) is 14.2. The molecule has 2 aromatic rings. The van der Waals surface area contributed by atoms with Crippen LogP contribution in [-0.2, 0) is 11.3 Å². The second-order valence-electron chi connectivity index (χ2n) is 4.39. The summed E-state index contributed by atoms with van der Waals surface area (Å²) in [6.07, 6.45) is 4.01. The van der Waals surface area contributed by atoms with Gasteiger partial charge in [0.25, 0.3) is 0 Å². The minimum Gasteiger partial charge on any atom is -0.467 e. The van der Waals surface area contributed by atoms with E-state index in [-0.39, 0.29) is 5.91 Å². The molecule has 0 aliphatic rings. The van der Waals surface area contributed by atoms with E-state index in [1.54, 1.807) is 18.4 Å². The number of rotatable bonds is 7. The lowest BCUT2D eigenvalue weighted by molar-refractivity contribution is -0.116. The molecule has 0 aromatic carbocycles. The van der Waals surface area contributed by atoms with E-state index in [2.05, 4.69) is 20.8 Å². The molecule has 2 N–H and O–H groups in total. The summed E-state index contributed by atoms with van der Waals surface area (Å²) < 4.78 is 5.20. The van der Waals surface area contributed by atoms with Crippen molar-refractivity contribution < 1.29 is 9.21 Å². The fourth-order valence-electron chi connectivity index (χ4n) is 1.63. The van der Waals surface area contributed by atoms with Gasteiger partial charge in [0.05, 0.1) is 12.8 Å². The molecule has 20 heavy (non-hydrogen) atoms. The van der Waals surface area contributed by atoms with Gasteiger partial charge in [-0.1, -0.05) is 13.3 Å². The lowest BCUT2D eigenvalue weighted by atomic mass is 10.2. The Balaban J connectivity index is 1.81. The molecule has 0 fully saturated rings. The molecular formula is C14H18N4O2. The Kier molecular flexibility index (Phi) is 5.11. The quantitative estimate of drug-likeness (QED) is 0.811. The molecule has 0 saturated carbocycles. The van der Waals surface area contributed by atoms with Crippen LogP contribution in [0.2, 0.25) is 0 Å². The summed E-state index contributed by atoms with van der Waals surface area (Å²) >= 11 is 0. The highest BCUT2D eigenvalue weighted by atomic mass is 16.3.